The smallest absolute Gasteiger partial charge is 0.276 e. The third kappa shape index (κ3) is 7.75. The Morgan fingerprint density at radius 2 is 1.70 bits per heavy atom. The van der Waals surface area contributed by atoms with Crippen molar-refractivity contribution in [3.63, 3.8) is 0 Å². The van der Waals surface area contributed by atoms with Gasteiger partial charge in [0.25, 0.3) is 11.8 Å². The predicted molar refractivity (Wildman–Crippen MR) is 126 cm³/mol. The van der Waals surface area contributed by atoms with Gasteiger partial charge in [-0.15, -0.1) is 0 Å². The van der Waals surface area contributed by atoms with E-state index in [1.165, 1.54) is 0 Å². The molecule has 3 N–H and O–H groups in total. The maximum absolute atomic E-state index is 12.0. The van der Waals surface area contributed by atoms with Crippen LogP contribution in [-0.4, -0.2) is 30.1 Å². The summed E-state index contributed by atoms with van der Waals surface area (Å²) in [7, 11) is 0. The van der Waals surface area contributed by atoms with Crippen molar-refractivity contribution in [1.29, 1.82) is 0 Å². The average molecular weight is 580 g/mol. The molecule has 0 radical (unpaired) electrons. The van der Waals surface area contributed by atoms with E-state index >= 15 is 0 Å². The molecule has 7 nitrogen and oxygen atoms in total. The fourth-order valence-corrected chi connectivity index (χ4v) is 4.23. The minimum atomic E-state index is -0.482. The summed E-state index contributed by atoms with van der Waals surface area (Å²) in [4.78, 5) is 23.9. The number of halogens is 3. The van der Waals surface area contributed by atoms with Crippen molar-refractivity contribution in [2.45, 2.75) is 13.8 Å². The first kappa shape index (κ1) is 24.4. The van der Waals surface area contributed by atoms with Crippen molar-refractivity contribution in [2.75, 3.05) is 13.2 Å². The summed E-state index contributed by atoms with van der Waals surface area (Å²) in [5.74, 6) is 0.128. The molecule has 2 rings (SSSR count). The third-order valence-electron chi connectivity index (χ3n) is 3.61. The van der Waals surface area contributed by atoms with Crippen molar-refractivity contribution in [2.24, 2.45) is 0 Å². The fraction of sp³-hybridized carbons (Fsp3) is 0.211. The molecule has 11 heteroatoms. The molecule has 160 valence electrons. The van der Waals surface area contributed by atoms with Crippen molar-refractivity contribution < 1.29 is 19.1 Å². The number of nitrogens with one attached hydrogen (secondary N) is 3. The van der Waals surface area contributed by atoms with Crippen LogP contribution in [0.25, 0.3) is 0 Å². The molecule has 0 aliphatic rings. The van der Waals surface area contributed by atoms with Gasteiger partial charge in [-0.25, -0.2) is 0 Å². The van der Waals surface area contributed by atoms with E-state index in [0.29, 0.717) is 21.0 Å². The first-order chi connectivity index (χ1) is 14.2. The van der Waals surface area contributed by atoms with Gasteiger partial charge in [0, 0.05) is 9.50 Å². The van der Waals surface area contributed by atoms with Crippen LogP contribution in [0, 0.1) is 13.8 Å². The maximum Gasteiger partial charge on any atom is 0.276 e. The Balaban J connectivity index is 1.72. The van der Waals surface area contributed by atoms with Gasteiger partial charge >= 0.3 is 0 Å². The van der Waals surface area contributed by atoms with Gasteiger partial charge in [-0.3, -0.25) is 25.8 Å². The van der Waals surface area contributed by atoms with Crippen LogP contribution in [0.15, 0.2) is 39.3 Å². The highest BCUT2D eigenvalue weighted by atomic mass is 79.9. The summed E-state index contributed by atoms with van der Waals surface area (Å²) in [5, 5.41) is 2.91. The molecular weight excluding hydrogens is 562 g/mol. The highest BCUT2D eigenvalue weighted by molar-refractivity contribution is 9.11. The van der Waals surface area contributed by atoms with E-state index in [-0.39, 0.29) is 18.3 Å². The fourth-order valence-electron chi connectivity index (χ4n) is 2.28. The molecule has 0 aliphatic heterocycles. The molecule has 0 saturated heterocycles. The summed E-state index contributed by atoms with van der Waals surface area (Å²) in [5.41, 5.74) is 6.43. The zero-order valence-electron chi connectivity index (χ0n) is 16.0. The second-order valence-corrected chi connectivity index (χ2v) is 8.69. The number of hydrogen-bond donors (Lipinski definition) is 3. The van der Waals surface area contributed by atoms with Gasteiger partial charge < -0.3 is 9.47 Å². The SMILES string of the molecule is Cc1cc(Cl)ccc1OCC(=O)NNC(=S)NC(=O)COc1c(C)cc(Br)cc1Br. The Bertz CT molecular complexity index is 952. The van der Waals surface area contributed by atoms with E-state index in [1.807, 2.05) is 26.0 Å². The number of hydrazine groups is 1. The number of ether oxygens (including phenoxy) is 2. The van der Waals surface area contributed by atoms with Crippen LogP contribution in [0.5, 0.6) is 11.5 Å². The summed E-state index contributed by atoms with van der Waals surface area (Å²) < 4.78 is 12.6. The standard InChI is InChI=1S/C19H18Br2ClN3O4S/c1-10-6-13(22)3-4-15(10)28-9-17(27)24-25-19(30)23-16(26)8-29-18-11(2)5-12(20)7-14(18)21/h3-7H,8-9H2,1-2H3,(H,24,27)(H2,23,25,26,30). The predicted octanol–water partition coefficient (Wildman–Crippen LogP) is 3.96. The number of carbonyl (C=O) groups is 2. The molecule has 2 amide bonds. The largest absolute Gasteiger partial charge is 0.483 e. The molecule has 0 aliphatic carbocycles. The van der Waals surface area contributed by atoms with Crippen molar-refractivity contribution >= 4 is 72.6 Å². The molecule has 0 aromatic heterocycles. The minimum absolute atomic E-state index is 0.0776. The van der Waals surface area contributed by atoms with Crippen LogP contribution in [-0.2, 0) is 9.59 Å². The van der Waals surface area contributed by atoms with Crippen molar-refractivity contribution in [3.8, 4) is 11.5 Å². The molecular formula is C19H18Br2ClN3O4S. The van der Waals surface area contributed by atoms with E-state index in [1.54, 1.807) is 18.2 Å². The minimum Gasteiger partial charge on any atom is -0.483 e. The van der Waals surface area contributed by atoms with Gasteiger partial charge in [-0.2, -0.15) is 0 Å². The van der Waals surface area contributed by atoms with Crippen LogP contribution >= 0.6 is 55.7 Å². The van der Waals surface area contributed by atoms with E-state index in [2.05, 4.69) is 48.0 Å². The Kier molecular flexibility index (Phi) is 9.35. The second kappa shape index (κ2) is 11.5. The van der Waals surface area contributed by atoms with Crippen LogP contribution in [0.4, 0.5) is 0 Å². The number of rotatable bonds is 6. The Hall–Kier alpha value is -1.88. The zero-order valence-corrected chi connectivity index (χ0v) is 20.7. The maximum atomic E-state index is 12.0. The molecule has 0 bridgehead atoms. The van der Waals surface area contributed by atoms with Crippen LogP contribution in [0.2, 0.25) is 5.02 Å². The highest BCUT2D eigenvalue weighted by Gasteiger charge is 2.11. The van der Waals surface area contributed by atoms with Gasteiger partial charge in [0.15, 0.2) is 18.3 Å². The summed E-state index contributed by atoms with van der Waals surface area (Å²) in [6.45, 7) is 3.18. The van der Waals surface area contributed by atoms with Gasteiger partial charge in [0.05, 0.1) is 4.47 Å². The van der Waals surface area contributed by atoms with E-state index < -0.39 is 11.8 Å². The molecule has 0 saturated carbocycles. The molecule has 30 heavy (non-hydrogen) atoms. The summed E-state index contributed by atoms with van der Waals surface area (Å²) in [6, 6.07) is 8.76. The van der Waals surface area contributed by atoms with E-state index in [9.17, 15) is 9.59 Å². The first-order valence-electron chi connectivity index (χ1n) is 8.51. The van der Waals surface area contributed by atoms with Crippen LogP contribution in [0.3, 0.4) is 0 Å². The first-order valence-corrected chi connectivity index (χ1v) is 10.9. The van der Waals surface area contributed by atoms with E-state index in [4.69, 9.17) is 33.3 Å². The molecule has 0 atom stereocenters. The van der Waals surface area contributed by atoms with Gasteiger partial charge in [0.2, 0.25) is 0 Å². The van der Waals surface area contributed by atoms with Crippen LogP contribution < -0.4 is 25.6 Å². The quantitative estimate of drug-likeness (QED) is 0.355. The number of benzene rings is 2. The lowest BCUT2D eigenvalue weighted by Gasteiger charge is -2.14. The Morgan fingerprint density at radius 3 is 2.37 bits per heavy atom. The Labute approximate surface area is 201 Å². The molecule has 0 heterocycles. The van der Waals surface area contributed by atoms with Crippen LogP contribution in [0.1, 0.15) is 11.1 Å². The van der Waals surface area contributed by atoms with Crippen molar-refractivity contribution in [3.05, 3.63) is 55.4 Å². The molecule has 0 unspecified atom stereocenters. The number of thiocarbonyl (C=S) groups is 1. The molecule has 2 aromatic carbocycles. The molecule has 2 aromatic rings. The number of hydrogen-bond acceptors (Lipinski definition) is 5. The lowest BCUT2D eigenvalue weighted by Crippen LogP contribution is -2.50. The third-order valence-corrected chi connectivity index (χ3v) is 5.09. The normalized spacial score (nSPS) is 10.2. The van der Waals surface area contributed by atoms with E-state index in [0.717, 1.165) is 15.6 Å². The highest BCUT2D eigenvalue weighted by Crippen LogP contribution is 2.32. The van der Waals surface area contributed by atoms with Crippen molar-refractivity contribution in [1.82, 2.24) is 16.2 Å². The average Bonchev–Trinajstić information content (AvgIpc) is 2.64. The van der Waals surface area contributed by atoms with Gasteiger partial charge in [-0.1, -0.05) is 27.5 Å². The lowest BCUT2D eigenvalue weighted by molar-refractivity contribution is -0.124. The monoisotopic (exact) mass is 577 g/mol. The number of aryl methyl sites for hydroxylation is 2. The van der Waals surface area contributed by atoms with Gasteiger partial charge in [0.1, 0.15) is 11.5 Å². The molecule has 0 fully saturated rings. The zero-order chi connectivity index (χ0) is 22.3. The number of amides is 2. The lowest BCUT2D eigenvalue weighted by atomic mass is 10.2. The van der Waals surface area contributed by atoms with Gasteiger partial charge in [-0.05, 0) is 83.5 Å². The number of carbonyl (C=O) groups excluding carboxylic acids is 2. The Morgan fingerprint density at radius 1 is 1.00 bits per heavy atom. The topological polar surface area (TPSA) is 88.7 Å². The summed E-state index contributed by atoms with van der Waals surface area (Å²) >= 11 is 17.6. The second-order valence-electron chi connectivity index (χ2n) is 6.07. The summed E-state index contributed by atoms with van der Waals surface area (Å²) in [6.07, 6.45) is 0. The molecule has 0 spiro atoms.